The Balaban J connectivity index is 2.12. The summed E-state index contributed by atoms with van der Waals surface area (Å²) in [6, 6.07) is 7.18. The molecule has 20 heavy (non-hydrogen) atoms. The summed E-state index contributed by atoms with van der Waals surface area (Å²) in [7, 11) is 0. The molecule has 0 aliphatic carbocycles. The maximum atomic E-state index is 11.9. The van der Waals surface area contributed by atoms with Gasteiger partial charge in [0, 0.05) is 18.7 Å². The normalized spacial score (nSPS) is 19.2. The molecule has 0 spiro atoms. The van der Waals surface area contributed by atoms with Crippen LogP contribution in [0.25, 0.3) is 0 Å². The van der Waals surface area contributed by atoms with Crippen molar-refractivity contribution in [1.82, 2.24) is 0 Å². The fourth-order valence-electron chi connectivity index (χ4n) is 2.27. The fraction of sp³-hybridized carbons (Fsp3) is 0.467. The van der Waals surface area contributed by atoms with E-state index in [1.165, 1.54) is 0 Å². The largest absolute Gasteiger partial charge is 0.491 e. The van der Waals surface area contributed by atoms with Gasteiger partial charge in [-0.15, -0.1) is 0 Å². The van der Waals surface area contributed by atoms with E-state index in [9.17, 15) is 9.59 Å². The number of carboxylic acid groups (broad SMARTS) is 1. The molecule has 1 aliphatic heterocycles. The van der Waals surface area contributed by atoms with E-state index >= 15 is 0 Å². The summed E-state index contributed by atoms with van der Waals surface area (Å²) < 4.78 is 5.55. The number of benzene rings is 1. The van der Waals surface area contributed by atoms with E-state index in [0.29, 0.717) is 6.42 Å². The summed E-state index contributed by atoms with van der Waals surface area (Å²) in [6.45, 7) is 4.12. The van der Waals surface area contributed by atoms with Crippen molar-refractivity contribution in [2.24, 2.45) is 5.92 Å². The van der Waals surface area contributed by atoms with Crippen LogP contribution in [-0.2, 0) is 9.59 Å². The molecule has 1 fully saturated rings. The number of rotatable bonds is 4. The molecule has 1 saturated heterocycles. The Kier molecular flexibility index (Phi) is 4.27. The molecule has 1 unspecified atom stereocenters. The van der Waals surface area contributed by atoms with Crippen LogP contribution in [0.4, 0.5) is 5.69 Å². The molecule has 1 aromatic rings. The first-order valence-corrected chi connectivity index (χ1v) is 6.77. The first-order valence-electron chi connectivity index (χ1n) is 6.77. The highest BCUT2D eigenvalue weighted by atomic mass is 16.5. The lowest BCUT2D eigenvalue weighted by molar-refractivity contribution is -0.142. The van der Waals surface area contributed by atoms with Crippen molar-refractivity contribution >= 4 is 17.6 Å². The van der Waals surface area contributed by atoms with Crippen LogP contribution >= 0.6 is 0 Å². The fourth-order valence-corrected chi connectivity index (χ4v) is 2.27. The second-order valence-electron chi connectivity index (χ2n) is 5.24. The number of hydrogen-bond acceptors (Lipinski definition) is 3. The second kappa shape index (κ2) is 5.94. The van der Waals surface area contributed by atoms with Crippen molar-refractivity contribution in [3.05, 3.63) is 24.3 Å². The smallest absolute Gasteiger partial charge is 0.308 e. The first kappa shape index (κ1) is 14.4. The lowest BCUT2D eigenvalue weighted by Crippen LogP contribution is -2.42. The van der Waals surface area contributed by atoms with Gasteiger partial charge in [0.05, 0.1) is 12.0 Å². The summed E-state index contributed by atoms with van der Waals surface area (Å²) in [5.41, 5.74) is 0.719. The maximum Gasteiger partial charge on any atom is 0.308 e. The summed E-state index contributed by atoms with van der Waals surface area (Å²) in [4.78, 5) is 24.5. The van der Waals surface area contributed by atoms with Crippen LogP contribution in [0.2, 0.25) is 0 Å². The third-order valence-electron chi connectivity index (χ3n) is 3.28. The number of carbonyl (C=O) groups excluding carboxylic acids is 1. The van der Waals surface area contributed by atoms with Crippen molar-refractivity contribution < 1.29 is 19.4 Å². The van der Waals surface area contributed by atoms with Crippen molar-refractivity contribution in [3.8, 4) is 5.75 Å². The quantitative estimate of drug-likeness (QED) is 0.917. The molecule has 108 valence electrons. The van der Waals surface area contributed by atoms with E-state index in [4.69, 9.17) is 9.84 Å². The zero-order valence-corrected chi connectivity index (χ0v) is 11.7. The van der Waals surface area contributed by atoms with Gasteiger partial charge in [0.2, 0.25) is 5.91 Å². The molecule has 0 radical (unpaired) electrons. The number of piperidine rings is 1. The Morgan fingerprint density at radius 1 is 1.35 bits per heavy atom. The third kappa shape index (κ3) is 3.29. The first-order chi connectivity index (χ1) is 9.47. The number of aliphatic carboxylic acids is 1. The van der Waals surface area contributed by atoms with Crippen molar-refractivity contribution in [2.45, 2.75) is 32.8 Å². The molecule has 5 nitrogen and oxygen atoms in total. The zero-order valence-electron chi connectivity index (χ0n) is 11.7. The Morgan fingerprint density at radius 3 is 2.55 bits per heavy atom. The predicted molar refractivity (Wildman–Crippen MR) is 74.9 cm³/mol. The molecule has 0 aromatic heterocycles. The molecule has 2 rings (SSSR count). The van der Waals surface area contributed by atoms with E-state index in [-0.39, 0.29) is 25.0 Å². The van der Waals surface area contributed by atoms with Crippen LogP contribution in [0, 0.1) is 5.92 Å². The summed E-state index contributed by atoms with van der Waals surface area (Å²) in [5, 5.41) is 9.07. The Morgan fingerprint density at radius 2 is 2.00 bits per heavy atom. The minimum absolute atomic E-state index is 0.0278. The average molecular weight is 277 g/mol. The van der Waals surface area contributed by atoms with Gasteiger partial charge >= 0.3 is 5.97 Å². The van der Waals surface area contributed by atoms with E-state index in [2.05, 4.69) is 0 Å². The lowest BCUT2D eigenvalue weighted by atomic mass is 9.97. The summed E-state index contributed by atoms with van der Waals surface area (Å²) in [6.07, 6.45) is 0.786. The van der Waals surface area contributed by atoms with E-state index in [0.717, 1.165) is 11.4 Å². The number of amides is 1. The molecule has 1 heterocycles. The van der Waals surface area contributed by atoms with Gasteiger partial charge in [-0.2, -0.15) is 0 Å². The van der Waals surface area contributed by atoms with Crippen LogP contribution in [-0.4, -0.2) is 29.6 Å². The Hall–Kier alpha value is -2.04. The summed E-state index contributed by atoms with van der Waals surface area (Å²) in [5.74, 6) is -0.621. The second-order valence-corrected chi connectivity index (χ2v) is 5.24. The van der Waals surface area contributed by atoms with Crippen LogP contribution in [0.15, 0.2) is 24.3 Å². The highest BCUT2D eigenvalue weighted by Gasteiger charge is 2.30. The van der Waals surface area contributed by atoms with Crippen molar-refractivity contribution in [1.29, 1.82) is 0 Å². The van der Waals surface area contributed by atoms with Crippen LogP contribution in [0.5, 0.6) is 5.75 Å². The summed E-state index contributed by atoms with van der Waals surface area (Å²) >= 11 is 0. The number of anilines is 1. The molecule has 1 aromatic carbocycles. The van der Waals surface area contributed by atoms with Crippen LogP contribution in [0.3, 0.4) is 0 Å². The number of carboxylic acids is 1. The van der Waals surface area contributed by atoms with Gasteiger partial charge in [0.1, 0.15) is 5.75 Å². The van der Waals surface area contributed by atoms with Gasteiger partial charge in [-0.25, -0.2) is 0 Å². The highest BCUT2D eigenvalue weighted by Crippen LogP contribution is 2.26. The molecule has 5 heteroatoms. The lowest BCUT2D eigenvalue weighted by Gasteiger charge is -2.30. The van der Waals surface area contributed by atoms with Crippen molar-refractivity contribution in [3.63, 3.8) is 0 Å². The van der Waals surface area contributed by atoms with Gasteiger partial charge < -0.3 is 14.7 Å². The van der Waals surface area contributed by atoms with E-state index < -0.39 is 11.9 Å². The van der Waals surface area contributed by atoms with E-state index in [1.807, 2.05) is 13.8 Å². The van der Waals surface area contributed by atoms with Crippen LogP contribution < -0.4 is 9.64 Å². The molecule has 1 N–H and O–H groups in total. The minimum Gasteiger partial charge on any atom is -0.491 e. The van der Waals surface area contributed by atoms with Gasteiger partial charge in [0.15, 0.2) is 0 Å². The topological polar surface area (TPSA) is 66.8 Å². The maximum absolute atomic E-state index is 11.9. The van der Waals surface area contributed by atoms with Crippen molar-refractivity contribution in [2.75, 3.05) is 11.4 Å². The predicted octanol–water partition coefficient (Wildman–Crippen LogP) is 2.30. The standard InChI is InChI=1S/C15H19NO4/c1-10(2)20-13-6-4-12(5-7-13)16-9-11(15(18)19)3-8-14(16)17/h4-7,10-11H,3,8-9H2,1-2H3,(H,18,19). The molecule has 0 saturated carbocycles. The number of carbonyl (C=O) groups is 2. The highest BCUT2D eigenvalue weighted by molar-refractivity contribution is 5.95. The molecule has 1 atom stereocenters. The number of ether oxygens (including phenoxy) is 1. The number of nitrogens with zero attached hydrogens (tertiary/aromatic N) is 1. The molecule has 0 bridgehead atoms. The molecule has 1 aliphatic rings. The minimum atomic E-state index is -0.845. The Labute approximate surface area is 118 Å². The molecular weight excluding hydrogens is 258 g/mol. The van der Waals surface area contributed by atoms with Gasteiger partial charge in [-0.05, 0) is 44.5 Å². The zero-order chi connectivity index (χ0) is 14.7. The van der Waals surface area contributed by atoms with E-state index in [1.54, 1.807) is 29.2 Å². The average Bonchev–Trinajstić information content (AvgIpc) is 2.39. The monoisotopic (exact) mass is 277 g/mol. The number of hydrogen-bond donors (Lipinski definition) is 1. The SMILES string of the molecule is CC(C)Oc1ccc(N2CC(C(=O)O)CCC2=O)cc1. The van der Waals surface area contributed by atoms with Gasteiger partial charge in [-0.1, -0.05) is 0 Å². The molecule has 1 amide bonds. The Bertz CT molecular complexity index is 495. The third-order valence-corrected chi connectivity index (χ3v) is 3.28. The van der Waals surface area contributed by atoms with Gasteiger partial charge in [-0.3, -0.25) is 9.59 Å². The van der Waals surface area contributed by atoms with Crippen LogP contribution in [0.1, 0.15) is 26.7 Å². The molecular formula is C15H19NO4. The van der Waals surface area contributed by atoms with Gasteiger partial charge in [0.25, 0.3) is 0 Å².